The van der Waals surface area contributed by atoms with E-state index in [4.69, 9.17) is 0 Å². The Bertz CT molecular complexity index is 477. The summed E-state index contributed by atoms with van der Waals surface area (Å²) in [6, 6.07) is 10.6. The van der Waals surface area contributed by atoms with Crippen molar-refractivity contribution in [1.82, 2.24) is 0 Å². The van der Waals surface area contributed by atoms with Crippen molar-refractivity contribution >= 4 is 29.1 Å². The second-order valence-electron chi connectivity index (χ2n) is 3.44. The molecule has 0 radical (unpaired) electrons. The van der Waals surface area contributed by atoms with E-state index in [2.05, 4.69) is 55.2 Å². The summed E-state index contributed by atoms with van der Waals surface area (Å²) in [6.07, 6.45) is 0. The fourth-order valence-corrected chi connectivity index (χ4v) is 2.02. The van der Waals surface area contributed by atoms with Gasteiger partial charge < -0.3 is 5.32 Å². The molecule has 0 aromatic heterocycles. The lowest BCUT2D eigenvalue weighted by Crippen LogP contribution is -1.90. The maximum atomic E-state index is 4.52. The molecule has 2 rings (SSSR count). The first-order chi connectivity index (χ1) is 6.72. The molecule has 0 fully saturated rings. The van der Waals surface area contributed by atoms with E-state index >= 15 is 0 Å². The van der Waals surface area contributed by atoms with Gasteiger partial charge in [-0.2, -0.15) is 0 Å². The van der Waals surface area contributed by atoms with Gasteiger partial charge in [0.25, 0.3) is 0 Å². The smallest absolute Gasteiger partial charge is 0.0479 e. The highest BCUT2D eigenvalue weighted by Gasteiger charge is 2.02. The van der Waals surface area contributed by atoms with Gasteiger partial charge in [0, 0.05) is 17.6 Å². The van der Waals surface area contributed by atoms with E-state index in [1.807, 2.05) is 7.05 Å². The largest absolute Gasteiger partial charge is 0.387 e. The Labute approximate surface area is 89.5 Å². The molecule has 0 unspecified atom stereocenters. The third-order valence-electron chi connectivity index (χ3n) is 2.42. The molecule has 1 N–H and O–H groups in total. The van der Waals surface area contributed by atoms with Crippen LogP contribution in [0.25, 0.3) is 10.8 Å². The zero-order valence-corrected chi connectivity index (χ0v) is 9.23. The van der Waals surface area contributed by atoms with Gasteiger partial charge in [-0.1, -0.05) is 29.8 Å². The molecule has 1 nitrogen and oxygen atoms in total. The van der Waals surface area contributed by atoms with Crippen LogP contribution < -0.4 is 5.32 Å². The van der Waals surface area contributed by atoms with Gasteiger partial charge in [-0.25, -0.2) is 0 Å². The second-order valence-corrected chi connectivity index (χ2v) is 3.88. The first-order valence-corrected chi connectivity index (χ1v) is 5.07. The number of hydrogen-bond acceptors (Lipinski definition) is 2. The number of fused-ring (bicyclic) bond motifs is 1. The van der Waals surface area contributed by atoms with Crippen LogP contribution in [0.1, 0.15) is 5.56 Å². The molecule has 2 heteroatoms. The maximum Gasteiger partial charge on any atom is 0.0479 e. The highest BCUT2D eigenvalue weighted by molar-refractivity contribution is 7.80. The standard InChI is InChI=1S/C12H13NS/c1-8-3-5-10-9(7-8)4-6-11(13-2)12(10)14/h3-7,13-14H,1-2H3. The molecular weight excluding hydrogens is 190 g/mol. The number of anilines is 1. The van der Waals surface area contributed by atoms with Crippen LogP contribution in [0.3, 0.4) is 0 Å². The van der Waals surface area contributed by atoms with Crippen LogP contribution in [-0.4, -0.2) is 7.05 Å². The lowest BCUT2D eigenvalue weighted by atomic mass is 10.1. The van der Waals surface area contributed by atoms with Gasteiger partial charge >= 0.3 is 0 Å². The highest BCUT2D eigenvalue weighted by atomic mass is 32.1. The molecule has 2 aromatic carbocycles. The Balaban J connectivity index is 2.77. The zero-order valence-electron chi connectivity index (χ0n) is 8.33. The van der Waals surface area contributed by atoms with Gasteiger partial charge in [-0.15, -0.1) is 12.6 Å². The molecule has 0 saturated heterocycles. The van der Waals surface area contributed by atoms with Crippen molar-refractivity contribution < 1.29 is 0 Å². The molecule has 72 valence electrons. The molecule has 0 aliphatic carbocycles. The molecule has 0 spiro atoms. The Hall–Kier alpha value is -1.15. The van der Waals surface area contributed by atoms with Crippen LogP contribution in [0, 0.1) is 6.92 Å². The van der Waals surface area contributed by atoms with Crippen LogP contribution in [0.5, 0.6) is 0 Å². The van der Waals surface area contributed by atoms with E-state index in [1.165, 1.54) is 16.3 Å². The van der Waals surface area contributed by atoms with Gasteiger partial charge in [0.2, 0.25) is 0 Å². The third kappa shape index (κ3) is 1.46. The molecule has 14 heavy (non-hydrogen) atoms. The minimum Gasteiger partial charge on any atom is -0.387 e. The SMILES string of the molecule is CNc1ccc2cc(C)ccc2c1S. The Morgan fingerprint density at radius 1 is 1.14 bits per heavy atom. The summed E-state index contributed by atoms with van der Waals surface area (Å²) in [4.78, 5) is 1.02. The third-order valence-corrected chi connectivity index (χ3v) is 2.90. The number of nitrogens with one attached hydrogen (secondary N) is 1. The summed E-state index contributed by atoms with van der Waals surface area (Å²) in [5, 5.41) is 5.57. The predicted molar refractivity (Wildman–Crippen MR) is 65.5 cm³/mol. The van der Waals surface area contributed by atoms with Crippen molar-refractivity contribution in [3.8, 4) is 0 Å². The lowest BCUT2D eigenvalue weighted by Gasteiger charge is -2.08. The normalized spacial score (nSPS) is 10.5. The number of rotatable bonds is 1. The number of thiol groups is 1. The summed E-state index contributed by atoms with van der Waals surface area (Å²) in [7, 11) is 1.91. The van der Waals surface area contributed by atoms with Crippen molar-refractivity contribution in [3.63, 3.8) is 0 Å². The number of hydrogen-bond donors (Lipinski definition) is 2. The van der Waals surface area contributed by atoms with Crippen molar-refractivity contribution in [1.29, 1.82) is 0 Å². The topological polar surface area (TPSA) is 12.0 Å². The molecule has 0 saturated carbocycles. The van der Waals surface area contributed by atoms with Crippen LogP contribution in [0.2, 0.25) is 0 Å². The van der Waals surface area contributed by atoms with E-state index in [-0.39, 0.29) is 0 Å². The minimum absolute atomic E-state index is 1.02. The van der Waals surface area contributed by atoms with Gasteiger partial charge in [0.1, 0.15) is 0 Å². The van der Waals surface area contributed by atoms with Crippen molar-refractivity contribution in [3.05, 3.63) is 35.9 Å². The quantitative estimate of drug-likeness (QED) is 0.676. The van der Waals surface area contributed by atoms with Crippen molar-refractivity contribution in [2.75, 3.05) is 12.4 Å². The van der Waals surface area contributed by atoms with Gasteiger partial charge in [0.15, 0.2) is 0 Å². The minimum atomic E-state index is 1.02. The molecule has 0 bridgehead atoms. The summed E-state index contributed by atoms with van der Waals surface area (Å²) < 4.78 is 0. The summed E-state index contributed by atoms with van der Waals surface area (Å²) in [5.74, 6) is 0. The van der Waals surface area contributed by atoms with Crippen LogP contribution in [0.15, 0.2) is 35.2 Å². The fourth-order valence-electron chi connectivity index (χ4n) is 1.63. The number of aryl methyl sites for hydroxylation is 1. The molecular formula is C12H13NS. The Morgan fingerprint density at radius 3 is 2.64 bits per heavy atom. The molecule has 0 heterocycles. The van der Waals surface area contributed by atoms with Crippen molar-refractivity contribution in [2.45, 2.75) is 11.8 Å². The maximum absolute atomic E-state index is 4.52. The lowest BCUT2D eigenvalue weighted by molar-refractivity contribution is 1.42. The van der Waals surface area contributed by atoms with Gasteiger partial charge in [-0.05, 0) is 23.8 Å². The summed E-state index contributed by atoms with van der Waals surface area (Å²) in [6.45, 7) is 2.10. The number of benzene rings is 2. The molecule has 2 aromatic rings. The monoisotopic (exact) mass is 203 g/mol. The van der Waals surface area contributed by atoms with E-state index in [0.29, 0.717) is 0 Å². The first-order valence-electron chi connectivity index (χ1n) is 4.62. The van der Waals surface area contributed by atoms with E-state index in [9.17, 15) is 0 Å². The molecule has 0 aliphatic rings. The van der Waals surface area contributed by atoms with E-state index in [1.54, 1.807) is 0 Å². The highest BCUT2D eigenvalue weighted by Crippen LogP contribution is 2.29. The molecule has 0 amide bonds. The van der Waals surface area contributed by atoms with Gasteiger partial charge in [-0.3, -0.25) is 0 Å². The Morgan fingerprint density at radius 2 is 1.93 bits per heavy atom. The van der Waals surface area contributed by atoms with Crippen LogP contribution in [0.4, 0.5) is 5.69 Å². The fraction of sp³-hybridized carbons (Fsp3) is 0.167. The average molecular weight is 203 g/mol. The Kier molecular flexibility index (Phi) is 2.38. The van der Waals surface area contributed by atoms with E-state index < -0.39 is 0 Å². The predicted octanol–water partition coefficient (Wildman–Crippen LogP) is 3.48. The summed E-state index contributed by atoms with van der Waals surface area (Å²) in [5.41, 5.74) is 2.35. The second kappa shape index (κ2) is 3.54. The van der Waals surface area contributed by atoms with Crippen LogP contribution >= 0.6 is 12.6 Å². The first kappa shape index (κ1) is 9.41. The average Bonchev–Trinajstić information content (AvgIpc) is 2.18. The van der Waals surface area contributed by atoms with E-state index in [0.717, 1.165) is 10.6 Å². The summed E-state index contributed by atoms with van der Waals surface area (Å²) >= 11 is 4.52. The zero-order chi connectivity index (χ0) is 10.1. The molecule has 0 aliphatic heterocycles. The van der Waals surface area contributed by atoms with Gasteiger partial charge in [0.05, 0.1) is 0 Å². The van der Waals surface area contributed by atoms with Crippen LogP contribution in [-0.2, 0) is 0 Å². The molecule has 0 atom stereocenters. The van der Waals surface area contributed by atoms with Crippen molar-refractivity contribution in [2.24, 2.45) is 0 Å².